The van der Waals surface area contributed by atoms with Crippen LogP contribution in [0.25, 0.3) is 10.8 Å². The number of hydrogen-bond donors (Lipinski definition) is 0. The van der Waals surface area contributed by atoms with E-state index in [1.165, 1.54) is 0 Å². The molecule has 0 aliphatic carbocycles. The molecule has 1 aromatic heterocycles. The van der Waals surface area contributed by atoms with Crippen LogP contribution < -0.4 is 9.47 Å². The van der Waals surface area contributed by atoms with E-state index in [2.05, 4.69) is 0 Å². The average molecular weight is 382 g/mol. The standard InChI is InChI=1S/C21H18O5S/c1-23-18-11-6-3-4-7-12(11)19(24-2)17-16(18)20-13(10-15(22)26-20)25-21(17)14-8-5-9-27-14/h3-9,13,20-21H,10H2,1-2H3/t13-,20+,21-/m1/s1. The number of carbonyl (C=O) groups excluding carboxylic acids is 1. The maximum Gasteiger partial charge on any atom is 0.309 e. The molecule has 138 valence electrons. The maximum absolute atomic E-state index is 12.1. The van der Waals surface area contributed by atoms with Crippen LogP contribution in [0.1, 0.15) is 34.6 Å². The van der Waals surface area contributed by atoms with Crippen LogP contribution in [-0.2, 0) is 14.3 Å². The molecule has 0 N–H and O–H groups in total. The number of carbonyl (C=O) groups is 1. The van der Waals surface area contributed by atoms with Crippen molar-refractivity contribution in [1.82, 2.24) is 0 Å². The lowest BCUT2D eigenvalue weighted by atomic mass is 9.86. The fourth-order valence-corrected chi connectivity index (χ4v) is 4.96. The van der Waals surface area contributed by atoms with E-state index in [1.807, 2.05) is 41.8 Å². The summed E-state index contributed by atoms with van der Waals surface area (Å²) in [6, 6.07) is 12.0. The minimum Gasteiger partial charge on any atom is -0.496 e. The molecular weight excluding hydrogens is 364 g/mol. The van der Waals surface area contributed by atoms with Crippen molar-refractivity contribution in [2.24, 2.45) is 0 Å². The first-order chi connectivity index (χ1) is 13.2. The zero-order valence-electron chi connectivity index (χ0n) is 14.9. The van der Waals surface area contributed by atoms with Crippen LogP contribution in [0.2, 0.25) is 0 Å². The van der Waals surface area contributed by atoms with Gasteiger partial charge in [-0.15, -0.1) is 11.3 Å². The van der Waals surface area contributed by atoms with Crippen LogP contribution >= 0.6 is 11.3 Å². The Balaban J connectivity index is 1.89. The molecule has 0 amide bonds. The number of fused-ring (bicyclic) bond motifs is 4. The average Bonchev–Trinajstić information content (AvgIpc) is 3.34. The highest BCUT2D eigenvalue weighted by Crippen LogP contribution is 2.55. The predicted octanol–water partition coefficient (Wildman–Crippen LogP) is 4.39. The SMILES string of the molecule is COc1c2c(c(OC)c3ccccc13)[C@H]1OC(=O)C[C@H]1O[C@@H]2c1cccs1. The Hall–Kier alpha value is -2.57. The van der Waals surface area contributed by atoms with E-state index in [9.17, 15) is 4.79 Å². The van der Waals surface area contributed by atoms with Crippen molar-refractivity contribution in [3.05, 3.63) is 57.8 Å². The first kappa shape index (κ1) is 16.6. The van der Waals surface area contributed by atoms with Gasteiger partial charge < -0.3 is 18.9 Å². The van der Waals surface area contributed by atoms with E-state index in [0.717, 1.165) is 38.3 Å². The second-order valence-electron chi connectivity index (χ2n) is 6.62. The van der Waals surface area contributed by atoms with Crippen molar-refractivity contribution in [2.45, 2.75) is 24.7 Å². The molecule has 0 unspecified atom stereocenters. The highest BCUT2D eigenvalue weighted by molar-refractivity contribution is 7.10. The highest BCUT2D eigenvalue weighted by Gasteiger charge is 2.48. The van der Waals surface area contributed by atoms with E-state index >= 15 is 0 Å². The van der Waals surface area contributed by atoms with Gasteiger partial charge in [-0.3, -0.25) is 4.79 Å². The van der Waals surface area contributed by atoms with Crippen LogP contribution in [-0.4, -0.2) is 26.3 Å². The van der Waals surface area contributed by atoms with E-state index < -0.39 is 6.10 Å². The predicted molar refractivity (Wildman–Crippen MR) is 102 cm³/mol. The molecule has 3 aromatic rings. The van der Waals surface area contributed by atoms with Crippen LogP contribution in [0.4, 0.5) is 0 Å². The largest absolute Gasteiger partial charge is 0.496 e. The Bertz CT molecular complexity index is 1030. The molecule has 5 rings (SSSR count). The van der Waals surface area contributed by atoms with Gasteiger partial charge >= 0.3 is 5.97 Å². The van der Waals surface area contributed by atoms with Crippen LogP contribution in [0.5, 0.6) is 11.5 Å². The molecule has 27 heavy (non-hydrogen) atoms. The van der Waals surface area contributed by atoms with E-state index in [0.29, 0.717) is 0 Å². The van der Waals surface area contributed by atoms with Crippen molar-refractivity contribution in [3.63, 3.8) is 0 Å². The smallest absolute Gasteiger partial charge is 0.309 e. The summed E-state index contributed by atoms with van der Waals surface area (Å²) in [6.45, 7) is 0. The molecule has 5 nitrogen and oxygen atoms in total. The fraction of sp³-hybridized carbons (Fsp3) is 0.286. The summed E-state index contributed by atoms with van der Waals surface area (Å²) in [6.07, 6.45) is -0.914. The molecule has 2 aromatic carbocycles. The number of thiophene rings is 1. The Morgan fingerprint density at radius 3 is 2.33 bits per heavy atom. The van der Waals surface area contributed by atoms with Crippen molar-refractivity contribution in [2.75, 3.05) is 14.2 Å². The molecule has 0 saturated carbocycles. The summed E-state index contributed by atoms with van der Waals surface area (Å²) in [7, 11) is 3.31. The summed E-state index contributed by atoms with van der Waals surface area (Å²) in [5.74, 6) is 1.20. The summed E-state index contributed by atoms with van der Waals surface area (Å²) in [5.41, 5.74) is 1.74. The van der Waals surface area contributed by atoms with Gasteiger partial charge in [0.05, 0.1) is 20.6 Å². The molecule has 0 spiro atoms. The van der Waals surface area contributed by atoms with Crippen molar-refractivity contribution in [3.8, 4) is 11.5 Å². The molecule has 0 radical (unpaired) electrons. The van der Waals surface area contributed by atoms with Gasteiger partial charge in [-0.1, -0.05) is 30.3 Å². The first-order valence-electron chi connectivity index (χ1n) is 8.77. The number of hydrogen-bond acceptors (Lipinski definition) is 6. The van der Waals surface area contributed by atoms with Gasteiger partial charge in [0, 0.05) is 26.8 Å². The summed E-state index contributed by atoms with van der Waals surface area (Å²) < 4.78 is 23.7. The van der Waals surface area contributed by atoms with Crippen LogP contribution in [0, 0.1) is 0 Å². The van der Waals surface area contributed by atoms with Gasteiger partial charge in [-0.25, -0.2) is 0 Å². The molecule has 2 aliphatic heterocycles. The van der Waals surface area contributed by atoms with Gasteiger partial charge in [-0.05, 0) is 11.4 Å². The minimum atomic E-state index is -0.489. The second kappa shape index (κ2) is 6.25. The Kier molecular flexibility index (Phi) is 3.84. The summed E-state index contributed by atoms with van der Waals surface area (Å²) in [4.78, 5) is 13.1. The number of ether oxygens (including phenoxy) is 4. The fourth-order valence-electron chi connectivity index (χ4n) is 4.19. The number of rotatable bonds is 3. The van der Waals surface area contributed by atoms with Crippen molar-refractivity contribution >= 4 is 28.1 Å². The topological polar surface area (TPSA) is 54.0 Å². The number of esters is 1. The third-order valence-electron chi connectivity index (χ3n) is 5.23. The lowest BCUT2D eigenvalue weighted by Crippen LogP contribution is -2.29. The maximum atomic E-state index is 12.1. The summed E-state index contributed by atoms with van der Waals surface area (Å²) >= 11 is 1.62. The minimum absolute atomic E-state index is 0.240. The molecule has 2 aliphatic rings. The van der Waals surface area contributed by atoms with Crippen molar-refractivity contribution in [1.29, 1.82) is 0 Å². The Morgan fingerprint density at radius 2 is 1.70 bits per heavy atom. The number of methoxy groups -OCH3 is 2. The summed E-state index contributed by atoms with van der Waals surface area (Å²) in [5, 5.41) is 3.90. The lowest BCUT2D eigenvalue weighted by molar-refractivity contribution is -0.143. The quantitative estimate of drug-likeness (QED) is 0.629. The molecular formula is C21H18O5S. The molecule has 3 heterocycles. The Morgan fingerprint density at radius 1 is 1.00 bits per heavy atom. The third kappa shape index (κ3) is 2.37. The zero-order valence-corrected chi connectivity index (χ0v) is 15.7. The highest BCUT2D eigenvalue weighted by atomic mass is 32.1. The van der Waals surface area contributed by atoms with Gasteiger partial charge in [-0.2, -0.15) is 0 Å². The van der Waals surface area contributed by atoms with Crippen molar-refractivity contribution < 1.29 is 23.7 Å². The van der Waals surface area contributed by atoms with E-state index in [-0.39, 0.29) is 24.6 Å². The normalized spacial score (nSPS) is 23.6. The second-order valence-corrected chi connectivity index (χ2v) is 7.60. The Labute approximate surface area is 160 Å². The van der Waals surface area contributed by atoms with E-state index in [4.69, 9.17) is 18.9 Å². The van der Waals surface area contributed by atoms with Crippen LogP contribution in [0.15, 0.2) is 41.8 Å². The van der Waals surface area contributed by atoms with E-state index in [1.54, 1.807) is 25.6 Å². The molecule has 1 fully saturated rings. The number of benzene rings is 2. The molecule has 0 bridgehead atoms. The van der Waals surface area contributed by atoms with Gasteiger partial charge in [0.25, 0.3) is 0 Å². The monoisotopic (exact) mass is 382 g/mol. The molecule has 1 saturated heterocycles. The van der Waals surface area contributed by atoms with Crippen LogP contribution in [0.3, 0.4) is 0 Å². The third-order valence-corrected chi connectivity index (χ3v) is 6.14. The first-order valence-corrected chi connectivity index (χ1v) is 9.65. The van der Waals surface area contributed by atoms with Gasteiger partial charge in [0.2, 0.25) is 0 Å². The molecule has 3 atom stereocenters. The zero-order chi connectivity index (χ0) is 18.5. The lowest BCUT2D eigenvalue weighted by Gasteiger charge is -2.35. The molecule has 6 heteroatoms. The van der Waals surface area contributed by atoms with Gasteiger partial charge in [0.15, 0.2) is 6.10 Å². The van der Waals surface area contributed by atoms with Gasteiger partial charge in [0.1, 0.15) is 23.7 Å².